The van der Waals surface area contributed by atoms with Crippen molar-refractivity contribution in [2.24, 2.45) is 0 Å². The second-order valence-corrected chi connectivity index (χ2v) is 5.89. The number of hydrogen-bond donors (Lipinski definition) is 1. The predicted octanol–water partition coefficient (Wildman–Crippen LogP) is 2.93. The molecule has 5 nitrogen and oxygen atoms in total. The summed E-state index contributed by atoms with van der Waals surface area (Å²) in [5.41, 5.74) is 2.96. The maximum atomic E-state index is 12.0. The lowest BCUT2D eigenvalue weighted by molar-refractivity contribution is -0.156. The van der Waals surface area contributed by atoms with Crippen LogP contribution in [0.15, 0.2) is 48.5 Å². The Morgan fingerprint density at radius 3 is 2.52 bits per heavy atom. The van der Waals surface area contributed by atoms with Crippen LogP contribution in [0, 0.1) is 13.8 Å². The maximum absolute atomic E-state index is 12.0. The average molecular weight is 341 g/mol. The van der Waals surface area contributed by atoms with Crippen molar-refractivity contribution in [3.05, 3.63) is 65.2 Å². The van der Waals surface area contributed by atoms with Crippen LogP contribution in [-0.4, -0.2) is 24.6 Å². The molecule has 1 atom stereocenters. The number of aryl methyl sites for hydroxylation is 2. The molecule has 0 heterocycles. The van der Waals surface area contributed by atoms with Gasteiger partial charge in [-0.25, -0.2) is 4.79 Å². The van der Waals surface area contributed by atoms with Gasteiger partial charge in [-0.1, -0.05) is 42.5 Å². The molecule has 0 radical (unpaired) electrons. The van der Waals surface area contributed by atoms with E-state index in [1.807, 2.05) is 62.4 Å². The highest BCUT2D eigenvalue weighted by Crippen LogP contribution is 2.19. The topological polar surface area (TPSA) is 64.6 Å². The molecule has 0 aromatic heterocycles. The number of carbonyl (C=O) groups is 2. The van der Waals surface area contributed by atoms with E-state index in [1.165, 1.54) is 6.92 Å². The van der Waals surface area contributed by atoms with Crippen molar-refractivity contribution < 1.29 is 19.1 Å². The molecule has 5 heteroatoms. The molecule has 0 spiro atoms. The molecule has 0 aliphatic rings. The third-order valence-corrected chi connectivity index (χ3v) is 3.68. The molecule has 2 aromatic carbocycles. The summed E-state index contributed by atoms with van der Waals surface area (Å²) in [5.74, 6) is -0.287. The molecular weight excluding hydrogens is 318 g/mol. The Balaban J connectivity index is 1.77. The van der Waals surface area contributed by atoms with Crippen molar-refractivity contribution in [1.82, 2.24) is 5.32 Å². The minimum absolute atomic E-state index is 0.236. The Kier molecular flexibility index (Phi) is 6.57. The van der Waals surface area contributed by atoms with Crippen LogP contribution < -0.4 is 10.1 Å². The van der Waals surface area contributed by atoms with Gasteiger partial charge in [0.05, 0.1) is 0 Å². The van der Waals surface area contributed by atoms with Crippen molar-refractivity contribution in [1.29, 1.82) is 0 Å². The van der Waals surface area contributed by atoms with E-state index < -0.39 is 12.1 Å². The molecule has 0 bridgehead atoms. The van der Waals surface area contributed by atoms with Gasteiger partial charge >= 0.3 is 5.97 Å². The van der Waals surface area contributed by atoms with Crippen molar-refractivity contribution >= 4 is 11.9 Å². The van der Waals surface area contributed by atoms with E-state index in [9.17, 15) is 9.59 Å². The highest BCUT2D eigenvalue weighted by Gasteiger charge is 2.18. The fraction of sp³-hybridized carbons (Fsp3) is 0.300. The van der Waals surface area contributed by atoms with E-state index in [-0.39, 0.29) is 12.5 Å². The van der Waals surface area contributed by atoms with Gasteiger partial charge in [-0.2, -0.15) is 0 Å². The van der Waals surface area contributed by atoms with Crippen LogP contribution in [0.5, 0.6) is 5.75 Å². The summed E-state index contributed by atoms with van der Waals surface area (Å²) in [5, 5.41) is 2.74. The Hall–Kier alpha value is -2.82. The van der Waals surface area contributed by atoms with Gasteiger partial charge in [0.1, 0.15) is 5.75 Å². The summed E-state index contributed by atoms with van der Waals surface area (Å²) in [6, 6.07) is 15.3. The van der Waals surface area contributed by atoms with Crippen LogP contribution in [0.4, 0.5) is 0 Å². The fourth-order valence-electron chi connectivity index (χ4n) is 2.21. The Bertz CT molecular complexity index is 728. The van der Waals surface area contributed by atoms with Crippen LogP contribution in [0.25, 0.3) is 0 Å². The molecule has 132 valence electrons. The monoisotopic (exact) mass is 341 g/mol. The first-order chi connectivity index (χ1) is 12.0. The standard InChI is InChI=1S/C20H23NO4/c1-14-9-10-15(2)18(11-14)24-13-19(22)25-16(3)20(23)21-12-17-7-5-4-6-8-17/h4-11,16H,12-13H2,1-3H3,(H,21,23). The first-order valence-electron chi connectivity index (χ1n) is 8.17. The highest BCUT2D eigenvalue weighted by atomic mass is 16.6. The molecule has 1 N–H and O–H groups in total. The summed E-state index contributed by atoms with van der Waals surface area (Å²) < 4.78 is 10.6. The molecular formula is C20H23NO4. The normalized spacial score (nSPS) is 11.5. The number of ether oxygens (including phenoxy) is 2. The van der Waals surface area contributed by atoms with Gasteiger partial charge in [0.2, 0.25) is 0 Å². The highest BCUT2D eigenvalue weighted by molar-refractivity contribution is 5.83. The Labute approximate surface area is 148 Å². The summed E-state index contributed by atoms with van der Waals surface area (Å²) >= 11 is 0. The summed E-state index contributed by atoms with van der Waals surface area (Å²) in [6.07, 6.45) is -0.876. The molecule has 2 rings (SSSR count). The lowest BCUT2D eigenvalue weighted by Crippen LogP contribution is -2.36. The van der Waals surface area contributed by atoms with Crippen LogP contribution in [-0.2, 0) is 20.9 Å². The minimum atomic E-state index is -0.876. The maximum Gasteiger partial charge on any atom is 0.344 e. The van der Waals surface area contributed by atoms with Crippen LogP contribution in [0.1, 0.15) is 23.6 Å². The van der Waals surface area contributed by atoms with E-state index >= 15 is 0 Å². The van der Waals surface area contributed by atoms with Crippen LogP contribution in [0.3, 0.4) is 0 Å². The third kappa shape index (κ3) is 5.95. The second-order valence-electron chi connectivity index (χ2n) is 5.89. The molecule has 0 fully saturated rings. The van der Waals surface area contributed by atoms with Crippen LogP contribution in [0.2, 0.25) is 0 Å². The lowest BCUT2D eigenvalue weighted by Gasteiger charge is -2.14. The van der Waals surface area contributed by atoms with Gasteiger partial charge in [0.15, 0.2) is 12.7 Å². The van der Waals surface area contributed by atoms with E-state index in [0.29, 0.717) is 12.3 Å². The van der Waals surface area contributed by atoms with Crippen molar-refractivity contribution in [2.45, 2.75) is 33.4 Å². The number of carbonyl (C=O) groups excluding carboxylic acids is 2. The molecule has 1 amide bonds. The second kappa shape index (κ2) is 8.87. The predicted molar refractivity (Wildman–Crippen MR) is 95.3 cm³/mol. The van der Waals surface area contributed by atoms with Gasteiger partial charge in [-0.05, 0) is 43.5 Å². The molecule has 0 aliphatic carbocycles. The molecule has 0 aliphatic heterocycles. The summed E-state index contributed by atoms with van der Waals surface area (Å²) in [7, 11) is 0. The number of benzene rings is 2. The fourth-order valence-corrected chi connectivity index (χ4v) is 2.21. The van der Waals surface area contributed by atoms with E-state index in [4.69, 9.17) is 9.47 Å². The van der Waals surface area contributed by atoms with Gasteiger partial charge in [0, 0.05) is 6.54 Å². The Morgan fingerprint density at radius 2 is 1.80 bits per heavy atom. The van der Waals surface area contributed by atoms with Gasteiger partial charge in [-0.15, -0.1) is 0 Å². The van der Waals surface area contributed by atoms with E-state index in [2.05, 4.69) is 5.32 Å². The van der Waals surface area contributed by atoms with Gasteiger partial charge in [-0.3, -0.25) is 4.79 Å². The van der Waals surface area contributed by atoms with Crippen molar-refractivity contribution in [2.75, 3.05) is 6.61 Å². The molecule has 25 heavy (non-hydrogen) atoms. The molecule has 2 aromatic rings. The van der Waals surface area contributed by atoms with E-state index in [0.717, 1.165) is 16.7 Å². The number of hydrogen-bond acceptors (Lipinski definition) is 4. The molecule has 0 saturated carbocycles. The number of amides is 1. The molecule has 0 saturated heterocycles. The zero-order chi connectivity index (χ0) is 18.2. The number of rotatable bonds is 7. The smallest absolute Gasteiger partial charge is 0.344 e. The SMILES string of the molecule is Cc1ccc(C)c(OCC(=O)OC(C)C(=O)NCc2ccccc2)c1. The van der Waals surface area contributed by atoms with Crippen molar-refractivity contribution in [3.63, 3.8) is 0 Å². The van der Waals surface area contributed by atoms with Crippen molar-refractivity contribution in [3.8, 4) is 5.75 Å². The summed E-state index contributed by atoms with van der Waals surface area (Å²) in [4.78, 5) is 23.9. The minimum Gasteiger partial charge on any atom is -0.482 e. The van der Waals surface area contributed by atoms with Gasteiger partial charge < -0.3 is 14.8 Å². The first kappa shape index (κ1) is 18.5. The third-order valence-electron chi connectivity index (χ3n) is 3.68. The largest absolute Gasteiger partial charge is 0.482 e. The van der Waals surface area contributed by atoms with Crippen LogP contribution >= 0.6 is 0 Å². The Morgan fingerprint density at radius 1 is 1.08 bits per heavy atom. The summed E-state index contributed by atoms with van der Waals surface area (Å²) in [6.45, 7) is 5.54. The van der Waals surface area contributed by atoms with E-state index in [1.54, 1.807) is 0 Å². The quantitative estimate of drug-likeness (QED) is 0.787. The van der Waals surface area contributed by atoms with Gasteiger partial charge in [0.25, 0.3) is 5.91 Å². The lowest BCUT2D eigenvalue weighted by atomic mass is 10.1. The zero-order valence-corrected chi connectivity index (χ0v) is 14.7. The number of nitrogens with one attached hydrogen (secondary N) is 1. The zero-order valence-electron chi connectivity index (χ0n) is 14.7. The average Bonchev–Trinajstić information content (AvgIpc) is 2.61. The molecule has 1 unspecified atom stereocenters. The first-order valence-corrected chi connectivity index (χ1v) is 8.17. The number of esters is 1.